The Kier molecular flexibility index (Phi) is 3.18. The molecule has 0 N–H and O–H groups in total. The third-order valence-corrected chi connectivity index (χ3v) is 2.30. The minimum absolute atomic E-state index is 0.183. The minimum atomic E-state index is -0.341. The Balaban J connectivity index is 1.82. The first-order chi connectivity index (χ1) is 8.16. The molecule has 0 radical (unpaired) electrons. The van der Waals surface area contributed by atoms with Gasteiger partial charge in [-0.2, -0.15) is 0 Å². The minimum Gasteiger partial charge on any atom is -0.492 e. The van der Waals surface area contributed by atoms with Gasteiger partial charge < -0.3 is 4.74 Å². The van der Waals surface area contributed by atoms with Crippen LogP contribution >= 0.6 is 0 Å². The van der Waals surface area contributed by atoms with E-state index in [9.17, 15) is 14.0 Å². The fourth-order valence-electron chi connectivity index (χ4n) is 1.44. The molecule has 17 heavy (non-hydrogen) atoms. The van der Waals surface area contributed by atoms with Crippen molar-refractivity contribution in [3.8, 4) is 5.75 Å². The van der Waals surface area contributed by atoms with E-state index in [1.165, 1.54) is 36.4 Å². The van der Waals surface area contributed by atoms with Crippen molar-refractivity contribution in [2.45, 2.75) is 0 Å². The van der Waals surface area contributed by atoms with Crippen LogP contribution in [0.3, 0.4) is 0 Å². The van der Waals surface area contributed by atoms with Crippen molar-refractivity contribution in [3.05, 3.63) is 42.2 Å². The van der Waals surface area contributed by atoms with Gasteiger partial charge in [0.25, 0.3) is 11.8 Å². The number of carbonyl (C=O) groups excluding carboxylic acids is 2. The maximum absolute atomic E-state index is 12.6. The molecule has 0 unspecified atom stereocenters. The van der Waals surface area contributed by atoms with E-state index in [0.717, 1.165) is 4.90 Å². The number of amides is 2. The lowest BCUT2D eigenvalue weighted by Crippen LogP contribution is -2.33. The third kappa shape index (κ3) is 2.69. The van der Waals surface area contributed by atoms with E-state index >= 15 is 0 Å². The highest BCUT2D eigenvalue weighted by atomic mass is 19.1. The summed E-state index contributed by atoms with van der Waals surface area (Å²) < 4.78 is 17.9. The Morgan fingerprint density at radius 1 is 1.06 bits per heavy atom. The Bertz CT molecular complexity index is 449. The van der Waals surface area contributed by atoms with Crippen molar-refractivity contribution >= 4 is 11.8 Å². The van der Waals surface area contributed by atoms with Crippen LogP contribution in [-0.4, -0.2) is 29.9 Å². The van der Waals surface area contributed by atoms with Crippen molar-refractivity contribution in [2.24, 2.45) is 0 Å². The summed E-state index contributed by atoms with van der Waals surface area (Å²) in [6, 6.07) is 5.54. The Labute approximate surface area is 97.3 Å². The molecular weight excluding hydrogens is 225 g/mol. The van der Waals surface area contributed by atoms with E-state index in [0.29, 0.717) is 5.75 Å². The van der Waals surface area contributed by atoms with Gasteiger partial charge in [-0.1, -0.05) is 0 Å². The molecule has 5 heteroatoms. The molecule has 4 nitrogen and oxygen atoms in total. The van der Waals surface area contributed by atoms with Crippen molar-refractivity contribution in [1.29, 1.82) is 0 Å². The fourth-order valence-corrected chi connectivity index (χ4v) is 1.44. The molecule has 0 aromatic heterocycles. The molecule has 1 aliphatic rings. The van der Waals surface area contributed by atoms with Crippen LogP contribution in [0.15, 0.2) is 36.4 Å². The normalized spacial score (nSPS) is 14.5. The van der Waals surface area contributed by atoms with Crippen LogP contribution in [0, 0.1) is 5.82 Å². The predicted molar refractivity (Wildman–Crippen MR) is 57.8 cm³/mol. The summed E-state index contributed by atoms with van der Waals surface area (Å²) in [5.74, 6) is -0.514. The second-order valence-electron chi connectivity index (χ2n) is 3.46. The number of imide groups is 1. The van der Waals surface area contributed by atoms with Crippen molar-refractivity contribution in [2.75, 3.05) is 13.2 Å². The Hall–Kier alpha value is -2.17. The maximum Gasteiger partial charge on any atom is 0.253 e. The number of benzene rings is 1. The van der Waals surface area contributed by atoms with Gasteiger partial charge in [-0.3, -0.25) is 14.5 Å². The molecule has 2 amide bonds. The molecular formula is C12H10FNO3. The Morgan fingerprint density at radius 3 is 2.24 bits per heavy atom. The van der Waals surface area contributed by atoms with Crippen LogP contribution in [0.2, 0.25) is 0 Å². The first kappa shape index (κ1) is 11.3. The number of nitrogens with zero attached hydrogens (tertiary/aromatic N) is 1. The van der Waals surface area contributed by atoms with Crippen LogP contribution in [-0.2, 0) is 9.59 Å². The van der Waals surface area contributed by atoms with Crippen LogP contribution in [0.1, 0.15) is 0 Å². The molecule has 1 aromatic rings. The lowest BCUT2D eigenvalue weighted by Gasteiger charge is -2.14. The van der Waals surface area contributed by atoms with Gasteiger partial charge in [0.15, 0.2) is 0 Å². The standard InChI is InChI=1S/C12H10FNO3/c13-9-1-3-10(4-2-9)17-8-7-14-11(15)5-6-12(14)16/h1-6H,7-8H2. The molecule has 0 aliphatic carbocycles. The topological polar surface area (TPSA) is 46.6 Å². The van der Waals surface area contributed by atoms with Gasteiger partial charge >= 0.3 is 0 Å². The molecule has 0 spiro atoms. The molecule has 0 atom stereocenters. The van der Waals surface area contributed by atoms with Crippen molar-refractivity contribution in [3.63, 3.8) is 0 Å². The van der Waals surface area contributed by atoms with E-state index in [-0.39, 0.29) is 30.8 Å². The number of halogens is 1. The average Bonchev–Trinajstić information content (AvgIpc) is 2.63. The van der Waals surface area contributed by atoms with Crippen LogP contribution in [0.25, 0.3) is 0 Å². The zero-order chi connectivity index (χ0) is 12.3. The smallest absolute Gasteiger partial charge is 0.253 e. The number of rotatable bonds is 4. The average molecular weight is 235 g/mol. The molecule has 2 rings (SSSR count). The van der Waals surface area contributed by atoms with Gasteiger partial charge in [0.05, 0.1) is 6.54 Å². The molecule has 1 aliphatic heterocycles. The molecule has 88 valence electrons. The van der Waals surface area contributed by atoms with E-state index < -0.39 is 0 Å². The molecule has 0 saturated heterocycles. The van der Waals surface area contributed by atoms with Crippen LogP contribution < -0.4 is 4.74 Å². The van der Waals surface area contributed by atoms with Gasteiger partial charge in [0.2, 0.25) is 0 Å². The zero-order valence-corrected chi connectivity index (χ0v) is 8.93. The summed E-state index contributed by atoms with van der Waals surface area (Å²) in [5, 5.41) is 0. The molecule has 1 aromatic carbocycles. The molecule has 0 saturated carbocycles. The van der Waals surface area contributed by atoms with Gasteiger partial charge in [-0.05, 0) is 24.3 Å². The molecule has 0 fully saturated rings. The van der Waals surface area contributed by atoms with Gasteiger partial charge in [0.1, 0.15) is 18.2 Å². The van der Waals surface area contributed by atoms with Gasteiger partial charge in [0, 0.05) is 12.2 Å². The van der Waals surface area contributed by atoms with Gasteiger partial charge in [-0.15, -0.1) is 0 Å². The first-order valence-electron chi connectivity index (χ1n) is 5.09. The quantitative estimate of drug-likeness (QED) is 0.735. The van der Waals surface area contributed by atoms with E-state index in [2.05, 4.69) is 0 Å². The van der Waals surface area contributed by atoms with Crippen molar-refractivity contribution < 1.29 is 18.7 Å². The lowest BCUT2D eigenvalue weighted by atomic mass is 10.3. The highest BCUT2D eigenvalue weighted by Gasteiger charge is 2.22. The second kappa shape index (κ2) is 4.78. The predicted octanol–water partition coefficient (Wildman–Crippen LogP) is 1.13. The summed E-state index contributed by atoms with van der Waals surface area (Å²) in [7, 11) is 0. The fraction of sp³-hybridized carbons (Fsp3) is 0.167. The van der Waals surface area contributed by atoms with E-state index in [4.69, 9.17) is 4.74 Å². The monoisotopic (exact) mass is 235 g/mol. The highest BCUT2D eigenvalue weighted by molar-refractivity contribution is 6.12. The first-order valence-corrected chi connectivity index (χ1v) is 5.09. The van der Waals surface area contributed by atoms with E-state index in [1.54, 1.807) is 0 Å². The number of hydrogen-bond donors (Lipinski definition) is 0. The SMILES string of the molecule is O=C1C=CC(=O)N1CCOc1ccc(F)cc1. The number of carbonyl (C=O) groups is 2. The third-order valence-electron chi connectivity index (χ3n) is 2.30. The number of ether oxygens (including phenoxy) is 1. The summed E-state index contributed by atoms with van der Waals surface area (Å²) >= 11 is 0. The Morgan fingerprint density at radius 2 is 1.65 bits per heavy atom. The lowest BCUT2D eigenvalue weighted by molar-refractivity contribution is -0.137. The van der Waals surface area contributed by atoms with Gasteiger partial charge in [-0.25, -0.2) is 4.39 Å². The summed E-state index contributed by atoms with van der Waals surface area (Å²) in [4.78, 5) is 23.5. The van der Waals surface area contributed by atoms with E-state index in [1.807, 2.05) is 0 Å². The van der Waals surface area contributed by atoms with Crippen LogP contribution in [0.5, 0.6) is 5.75 Å². The van der Waals surface area contributed by atoms with Crippen molar-refractivity contribution in [1.82, 2.24) is 4.90 Å². The maximum atomic E-state index is 12.6. The summed E-state index contributed by atoms with van der Waals surface area (Å²) in [6.45, 7) is 0.368. The highest BCUT2D eigenvalue weighted by Crippen LogP contribution is 2.11. The summed E-state index contributed by atoms with van der Waals surface area (Å²) in [6.07, 6.45) is 2.44. The number of hydrogen-bond acceptors (Lipinski definition) is 3. The second-order valence-corrected chi connectivity index (χ2v) is 3.46. The molecule has 0 bridgehead atoms. The van der Waals surface area contributed by atoms with Crippen LogP contribution in [0.4, 0.5) is 4.39 Å². The summed E-state index contributed by atoms with van der Waals surface area (Å²) in [5.41, 5.74) is 0. The largest absolute Gasteiger partial charge is 0.492 e. The zero-order valence-electron chi connectivity index (χ0n) is 8.93. The molecule has 1 heterocycles.